The molecule has 15 nitrogen and oxygen atoms in total. The van der Waals surface area contributed by atoms with Crippen LogP contribution in [0.5, 0.6) is 0 Å². The molecule has 57 heavy (non-hydrogen) atoms. The molecule has 2 aromatic carbocycles. The molecule has 0 radical (unpaired) electrons. The summed E-state index contributed by atoms with van der Waals surface area (Å²) in [6, 6.07) is 10.5. The van der Waals surface area contributed by atoms with E-state index in [1.54, 1.807) is 18.2 Å². The Morgan fingerprint density at radius 3 is 2.54 bits per heavy atom. The lowest BCUT2D eigenvalue weighted by molar-refractivity contribution is -0.136. The maximum Gasteiger partial charge on any atom is 0.410 e. The summed E-state index contributed by atoms with van der Waals surface area (Å²) < 4.78 is 7.82. The summed E-state index contributed by atoms with van der Waals surface area (Å²) in [5.41, 5.74) is 6.31. The molecule has 3 N–H and O–H groups in total. The molecular formula is C42H47N9O6. The van der Waals surface area contributed by atoms with Gasteiger partial charge in [-0.15, -0.1) is 0 Å². The number of rotatable bonds is 9. The SMILES string of the molecule is CC(C)(C)OC(=O)N1CCNCC1Cc1ccc2ncc(-c3cn(C4CC(CNc5ccc6c(c5)C(=O)N(C5CCC(=O)NC5=O)C6=O)C4)nc3C3CC3)nc2c1. The van der Waals surface area contributed by atoms with Crippen LogP contribution in [0.4, 0.5) is 10.5 Å². The van der Waals surface area contributed by atoms with Gasteiger partial charge in [0, 0.05) is 56.0 Å². The summed E-state index contributed by atoms with van der Waals surface area (Å²) in [6.07, 6.45) is 8.65. The molecule has 5 aliphatic rings. The summed E-state index contributed by atoms with van der Waals surface area (Å²) in [5, 5.41) is 14.2. The standard InChI is InChI=1S/C42H47N9O6/c1-42(2,3)57-41(56)49-13-12-43-20-28(49)14-23-4-9-32-33(17-23)46-34(21-45-32)31-22-50(48-37(31)25-5-6-25)27-15-24(16-27)19-44-26-7-8-29-30(18-26)40(55)51(39(29)54)35-10-11-36(52)47-38(35)53/h4,7-9,17-18,21-22,24-25,27-28,35,43-44H,5-6,10-16,19-20H2,1-3H3,(H,47,52,53). The smallest absolute Gasteiger partial charge is 0.410 e. The van der Waals surface area contributed by atoms with Crippen LogP contribution in [-0.2, 0) is 20.7 Å². The lowest BCUT2D eigenvalue weighted by atomic mass is 9.80. The van der Waals surface area contributed by atoms with Crippen molar-refractivity contribution < 1.29 is 28.7 Å². The Bertz CT molecular complexity index is 2310. The van der Waals surface area contributed by atoms with E-state index in [-0.39, 0.29) is 42.1 Å². The largest absolute Gasteiger partial charge is 0.444 e. The minimum Gasteiger partial charge on any atom is -0.444 e. The molecular weight excluding hydrogens is 727 g/mol. The highest BCUT2D eigenvalue weighted by molar-refractivity contribution is 6.23. The Balaban J connectivity index is 0.849. The molecule has 0 spiro atoms. The van der Waals surface area contributed by atoms with Crippen molar-refractivity contribution in [2.45, 2.75) is 95.4 Å². The molecule has 4 aromatic rings. The van der Waals surface area contributed by atoms with Gasteiger partial charge in [-0.1, -0.05) is 6.07 Å². The van der Waals surface area contributed by atoms with Crippen LogP contribution >= 0.6 is 0 Å². The number of ether oxygens (including phenoxy) is 1. The van der Waals surface area contributed by atoms with Gasteiger partial charge in [-0.25, -0.2) is 9.78 Å². The van der Waals surface area contributed by atoms with E-state index in [4.69, 9.17) is 19.8 Å². The number of piperidine rings is 1. The number of aromatic nitrogens is 4. The second-order valence-electron chi connectivity index (χ2n) is 17.1. The molecule has 4 fully saturated rings. The number of hydrogen-bond donors (Lipinski definition) is 3. The van der Waals surface area contributed by atoms with Crippen molar-refractivity contribution in [1.29, 1.82) is 0 Å². The molecule has 5 heterocycles. The molecule has 3 aliphatic heterocycles. The average molecular weight is 774 g/mol. The number of amides is 5. The molecule has 2 saturated heterocycles. The van der Waals surface area contributed by atoms with Gasteiger partial charge < -0.3 is 20.3 Å². The normalized spacial score (nSPS) is 23.7. The Kier molecular flexibility index (Phi) is 9.29. The van der Waals surface area contributed by atoms with E-state index in [1.165, 1.54) is 0 Å². The van der Waals surface area contributed by atoms with Gasteiger partial charge in [-0.2, -0.15) is 5.10 Å². The number of nitrogens with one attached hydrogen (secondary N) is 3. The summed E-state index contributed by atoms with van der Waals surface area (Å²) in [4.78, 5) is 76.2. The van der Waals surface area contributed by atoms with E-state index < -0.39 is 35.3 Å². The lowest BCUT2D eigenvalue weighted by Gasteiger charge is -2.37. The first kappa shape index (κ1) is 36.9. The molecule has 2 aromatic heterocycles. The van der Waals surface area contributed by atoms with Crippen LogP contribution in [0.2, 0.25) is 0 Å². The Labute approximate surface area is 329 Å². The molecule has 15 heteroatoms. The fraction of sp³-hybridized carbons (Fsp3) is 0.476. The molecule has 0 bridgehead atoms. The average Bonchev–Trinajstić information content (AvgIpc) is 3.87. The monoisotopic (exact) mass is 773 g/mol. The molecule has 9 rings (SSSR count). The van der Waals surface area contributed by atoms with Crippen molar-refractivity contribution in [2.24, 2.45) is 5.92 Å². The molecule has 2 saturated carbocycles. The van der Waals surface area contributed by atoms with Crippen molar-refractivity contribution in [3.63, 3.8) is 0 Å². The lowest BCUT2D eigenvalue weighted by Crippen LogP contribution is -2.55. The van der Waals surface area contributed by atoms with Gasteiger partial charge in [0.25, 0.3) is 11.8 Å². The van der Waals surface area contributed by atoms with E-state index in [1.807, 2.05) is 37.9 Å². The van der Waals surface area contributed by atoms with Crippen molar-refractivity contribution in [3.05, 3.63) is 71.2 Å². The van der Waals surface area contributed by atoms with Crippen LogP contribution < -0.4 is 16.0 Å². The predicted molar refractivity (Wildman–Crippen MR) is 209 cm³/mol. The molecule has 5 amide bonds. The Morgan fingerprint density at radius 1 is 0.965 bits per heavy atom. The highest BCUT2D eigenvalue weighted by Crippen LogP contribution is 2.46. The number of imide groups is 2. The number of fused-ring (bicyclic) bond motifs is 2. The Morgan fingerprint density at radius 2 is 1.77 bits per heavy atom. The first-order valence-corrected chi connectivity index (χ1v) is 20.0. The summed E-state index contributed by atoms with van der Waals surface area (Å²) >= 11 is 0. The van der Waals surface area contributed by atoms with Gasteiger partial charge in [-0.05, 0) is 101 Å². The zero-order chi connectivity index (χ0) is 39.6. The highest BCUT2D eigenvalue weighted by atomic mass is 16.6. The third-order valence-electron chi connectivity index (χ3n) is 11.7. The van der Waals surface area contributed by atoms with Crippen molar-refractivity contribution in [3.8, 4) is 11.3 Å². The second-order valence-corrected chi connectivity index (χ2v) is 17.1. The number of nitrogens with zero attached hydrogens (tertiary/aromatic N) is 6. The minimum atomic E-state index is -0.989. The van der Waals surface area contributed by atoms with Crippen LogP contribution in [-0.4, -0.2) is 103 Å². The van der Waals surface area contributed by atoms with Crippen molar-refractivity contribution >= 4 is 46.4 Å². The van der Waals surface area contributed by atoms with Gasteiger partial charge in [0.2, 0.25) is 11.8 Å². The third-order valence-corrected chi connectivity index (χ3v) is 11.7. The summed E-state index contributed by atoms with van der Waals surface area (Å²) in [6.45, 7) is 8.38. The third kappa shape index (κ3) is 7.36. The van der Waals surface area contributed by atoms with Gasteiger partial charge in [0.15, 0.2) is 0 Å². The second kappa shape index (κ2) is 14.4. The highest BCUT2D eigenvalue weighted by Gasteiger charge is 2.45. The minimum absolute atomic E-state index is 0.0375. The van der Waals surface area contributed by atoms with Gasteiger partial charge in [0.05, 0.1) is 51.8 Å². The number of carbonyl (C=O) groups excluding carboxylic acids is 5. The number of piperazine rings is 1. The van der Waals surface area contributed by atoms with E-state index in [2.05, 4.69) is 39.0 Å². The van der Waals surface area contributed by atoms with Gasteiger partial charge in [0.1, 0.15) is 11.6 Å². The zero-order valence-corrected chi connectivity index (χ0v) is 32.4. The topological polar surface area (TPSA) is 181 Å². The van der Waals surface area contributed by atoms with Gasteiger partial charge in [-0.3, -0.25) is 39.1 Å². The molecule has 2 unspecified atom stereocenters. The zero-order valence-electron chi connectivity index (χ0n) is 32.4. The Hall–Kier alpha value is -5.70. The maximum absolute atomic E-state index is 13.3. The van der Waals surface area contributed by atoms with Crippen LogP contribution in [0.1, 0.15) is 103 Å². The van der Waals surface area contributed by atoms with Crippen LogP contribution in [0.3, 0.4) is 0 Å². The van der Waals surface area contributed by atoms with Crippen LogP contribution in [0.25, 0.3) is 22.3 Å². The van der Waals surface area contributed by atoms with Gasteiger partial charge >= 0.3 is 6.09 Å². The first-order valence-electron chi connectivity index (χ1n) is 20.0. The summed E-state index contributed by atoms with van der Waals surface area (Å²) in [5.74, 6) is -1.24. The quantitative estimate of drug-likeness (QED) is 0.203. The van der Waals surface area contributed by atoms with E-state index in [9.17, 15) is 24.0 Å². The van der Waals surface area contributed by atoms with Crippen LogP contribution in [0.15, 0.2) is 48.8 Å². The molecule has 296 valence electrons. The number of hydrogen-bond acceptors (Lipinski definition) is 11. The summed E-state index contributed by atoms with van der Waals surface area (Å²) in [7, 11) is 0. The van der Waals surface area contributed by atoms with Crippen molar-refractivity contribution in [1.82, 2.24) is 40.2 Å². The fourth-order valence-electron chi connectivity index (χ4n) is 8.46. The fourth-order valence-corrected chi connectivity index (χ4v) is 8.46. The van der Waals surface area contributed by atoms with E-state index in [0.717, 1.165) is 76.4 Å². The maximum atomic E-state index is 13.3. The number of carbonyl (C=O) groups is 5. The number of benzene rings is 2. The molecule has 2 aliphatic carbocycles. The van der Waals surface area contributed by atoms with Crippen LogP contribution in [0, 0.1) is 5.92 Å². The van der Waals surface area contributed by atoms with E-state index in [0.29, 0.717) is 37.9 Å². The predicted octanol–water partition coefficient (Wildman–Crippen LogP) is 4.59. The number of anilines is 1. The van der Waals surface area contributed by atoms with Crippen molar-refractivity contribution in [2.75, 3.05) is 31.5 Å². The van der Waals surface area contributed by atoms with E-state index >= 15 is 0 Å². The first-order chi connectivity index (χ1) is 27.4. The molecule has 2 atom stereocenters.